The predicted molar refractivity (Wildman–Crippen MR) is 96.8 cm³/mol. The number of fused-ring (bicyclic) bond motifs is 2. The number of rotatable bonds is 4. The number of anilines is 1. The molecule has 2 aromatic rings. The molecule has 5 rings (SSSR count). The van der Waals surface area contributed by atoms with Gasteiger partial charge >= 0.3 is 0 Å². The van der Waals surface area contributed by atoms with Crippen LogP contribution >= 0.6 is 0 Å². The zero-order valence-corrected chi connectivity index (χ0v) is 14.9. The average molecular weight is 367 g/mol. The van der Waals surface area contributed by atoms with Crippen LogP contribution in [-0.4, -0.2) is 34.2 Å². The highest BCUT2D eigenvalue weighted by molar-refractivity contribution is 6.08. The summed E-state index contributed by atoms with van der Waals surface area (Å²) in [5, 5.41) is 2.77. The molecule has 3 aliphatic rings. The van der Waals surface area contributed by atoms with Gasteiger partial charge in [-0.25, -0.2) is 4.98 Å². The van der Waals surface area contributed by atoms with Crippen LogP contribution < -0.4 is 5.32 Å². The second kappa shape index (κ2) is 6.18. The van der Waals surface area contributed by atoms with Crippen molar-refractivity contribution in [3.63, 3.8) is 0 Å². The third-order valence-electron chi connectivity index (χ3n) is 5.85. The molecule has 0 spiro atoms. The molecule has 1 N–H and O–H groups in total. The first-order chi connectivity index (χ1) is 13.1. The molecule has 0 radical (unpaired) electrons. The van der Waals surface area contributed by atoms with Gasteiger partial charge in [-0.3, -0.25) is 19.3 Å². The molecule has 140 valence electrons. The van der Waals surface area contributed by atoms with Gasteiger partial charge < -0.3 is 9.73 Å². The van der Waals surface area contributed by atoms with Gasteiger partial charge in [0.2, 0.25) is 17.7 Å². The van der Waals surface area contributed by atoms with E-state index in [1.807, 2.05) is 0 Å². The van der Waals surface area contributed by atoms with Gasteiger partial charge in [0.15, 0.2) is 11.5 Å². The maximum Gasteiger partial charge on any atom is 0.244 e. The number of hydrogen-bond donors (Lipinski definition) is 1. The summed E-state index contributed by atoms with van der Waals surface area (Å²) in [6.07, 6.45) is 5.66. The van der Waals surface area contributed by atoms with Gasteiger partial charge in [-0.2, -0.15) is 0 Å². The monoisotopic (exact) mass is 367 g/mol. The van der Waals surface area contributed by atoms with Crippen molar-refractivity contribution in [3.05, 3.63) is 24.1 Å². The molecule has 3 fully saturated rings. The van der Waals surface area contributed by atoms with Crippen LogP contribution in [0.3, 0.4) is 0 Å². The smallest absolute Gasteiger partial charge is 0.244 e. The van der Waals surface area contributed by atoms with Crippen molar-refractivity contribution in [2.75, 3.05) is 11.9 Å². The zero-order chi connectivity index (χ0) is 18.5. The fourth-order valence-corrected chi connectivity index (χ4v) is 4.26. The standard InChI is InChI=1S/C20H21N3O4/c24-17(10-23-19(25)13-3-1-2-4-14(13)20(23)26)21-12-7-8-16-15(9-12)22-18(27-16)11-5-6-11/h7-9,11,13-14H,1-6,10H2,(H,21,24). The van der Waals surface area contributed by atoms with E-state index in [4.69, 9.17) is 4.42 Å². The van der Waals surface area contributed by atoms with Gasteiger partial charge in [0.05, 0.1) is 11.8 Å². The molecule has 2 heterocycles. The van der Waals surface area contributed by atoms with Crippen molar-refractivity contribution in [1.29, 1.82) is 0 Å². The number of likely N-dealkylation sites (tertiary alicyclic amines) is 1. The van der Waals surface area contributed by atoms with Crippen molar-refractivity contribution in [2.24, 2.45) is 11.8 Å². The van der Waals surface area contributed by atoms with E-state index in [-0.39, 0.29) is 36.1 Å². The molecule has 1 aromatic heterocycles. The number of nitrogens with zero attached hydrogens (tertiary/aromatic N) is 2. The molecule has 1 saturated heterocycles. The molecule has 0 bridgehead atoms. The molecule has 1 aromatic carbocycles. The Morgan fingerprint density at radius 1 is 1.11 bits per heavy atom. The number of hydrogen-bond acceptors (Lipinski definition) is 5. The molecule has 7 heteroatoms. The zero-order valence-electron chi connectivity index (χ0n) is 14.9. The number of benzene rings is 1. The highest BCUT2D eigenvalue weighted by atomic mass is 16.3. The Bertz CT molecular complexity index is 922. The largest absolute Gasteiger partial charge is 0.440 e. The van der Waals surface area contributed by atoms with Crippen molar-refractivity contribution in [1.82, 2.24) is 9.88 Å². The van der Waals surface area contributed by atoms with Crippen LogP contribution in [0.2, 0.25) is 0 Å². The van der Waals surface area contributed by atoms with Crippen LogP contribution in [0.1, 0.15) is 50.3 Å². The van der Waals surface area contributed by atoms with Crippen LogP contribution in [0.25, 0.3) is 11.1 Å². The molecular formula is C20H21N3O4. The van der Waals surface area contributed by atoms with Gasteiger partial charge in [-0.05, 0) is 43.9 Å². The second-order valence-electron chi connectivity index (χ2n) is 7.82. The fraction of sp³-hybridized carbons (Fsp3) is 0.500. The third-order valence-corrected chi connectivity index (χ3v) is 5.85. The molecule has 27 heavy (non-hydrogen) atoms. The first kappa shape index (κ1) is 16.5. The summed E-state index contributed by atoms with van der Waals surface area (Å²) in [5.41, 5.74) is 1.98. The van der Waals surface area contributed by atoms with Crippen molar-refractivity contribution < 1.29 is 18.8 Å². The van der Waals surface area contributed by atoms with E-state index in [2.05, 4.69) is 10.3 Å². The van der Waals surface area contributed by atoms with Crippen molar-refractivity contribution in [2.45, 2.75) is 44.4 Å². The van der Waals surface area contributed by atoms with E-state index >= 15 is 0 Å². The number of carbonyl (C=O) groups is 3. The van der Waals surface area contributed by atoms with Crippen LogP contribution in [0.5, 0.6) is 0 Å². The highest BCUT2D eigenvalue weighted by Gasteiger charge is 2.48. The van der Waals surface area contributed by atoms with Crippen molar-refractivity contribution >= 4 is 34.5 Å². The number of amides is 3. The van der Waals surface area contributed by atoms with Crippen molar-refractivity contribution in [3.8, 4) is 0 Å². The Labute approximate surface area is 156 Å². The van der Waals surface area contributed by atoms with Gasteiger partial charge in [-0.15, -0.1) is 0 Å². The molecule has 2 unspecified atom stereocenters. The van der Waals surface area contributed by atoms with Gasteiger partial charge in [0.25, 0.3) is 0 Å². The summed E-state index contributed by atoms with van der Waals surface area (Å²) in [6, 6.07) is 5.29. The summed E-state index contributed by atoms with van der Waals surface area (Å²) in [4.78, 5) is 43.0. The molecule has 7 nitrogen and oxygen atoms in total. The summed E-state index contributed by atoms with van der Waals surface area (Å²) in [7, 11) is 0. The number of oxazole rings is 1. The lowest BCUT2D eigenvalue weighted by molar-refractivity contribution is -0.142. The molecule has 2 saturated carbocycles. The number of nitrogens with one attached hydrogen (secondary N) is 1. The van der Waals surface area contributed by atoms with Gasteiger partial charge in [-0.1, -0.05) is 12.8 Å². The molecule has 3 amide bonds. The Morgan fingerprint density at radius 3 is 2.48 bits per heavy atom. The number of imide groups is 1. The van der Waals surface area contributed by atoms with E-state index < -0.39 is 0 Å². The first-order valence-electron chi connectivity index (χ1n) is 9.66. The lowest BCUT2D eigenvalue weighted by Crippen LogP contribution is -2.38. The number of carbonyl (C=O) groups excluding carboxylic acids is 3. The van der Waals surface area contributed by atoms with Crippen LogP contribution in [-0.2, 0) is 14.4 Å². The summed E-state index contributed by atoms with van der Waals surface area (Å²) in [5.74, 6) is -0.0457. The predicted octanol–water partition coefficient (Wildman–Crippen LogP) is 2.82. The quantitative estimate of drug-likeness (QED) is 0.839. The van der Waals surface area contributed by atoms with E-state index in [0.29, 0.717) is 22.7 Å². The van der Waals surface area contributed by atoms with Gasteiger partial charge in [0, 0.05) is 11.6 Å². The van der Waals surface area contributed by atoms with Crippen LogP contribution in [0.15, 0.2) is 22.6 Å². The minimum Gasteiger partial charge on any atom is -0.440 e. The normalized spacial score (nSPS) is 25.1. The highest BCUT2D eigenvalue weighted by Crippen LogP contribution is 2.41. The third kappa shape index (κ3) is 2.91. The first-order valence-corrected chi connectivity index (χ1v) is 9.66. The second-order valence-corrected chi connectivity index (χ2v) is 7.82. The minimum atomic E-state index is -0.374. The van der Waals surface area contributed by atoms with Gasteiger partial charge in [0.1, 0.15) is 12.1 Å². The Hall–Kier alpha value is -2.70. The lowest BCUT2D eigenvalue weighted by atomic mass is 9.81. The van der Waals surface area contributed by atoms with E-state index in [9.17, 15) is 14.4 Å². The summed E-state index contributed by atoms with van der Waals surface area (Å²) >= 11 is 0. The molecule has 2 aliphatic carbocycles. The molecule has 1 aliphatic heterocycles. The lowest BCUT2D eigenvalue weighted by Gasteiger charge is -2.19. The summed E-state index contributed by atoms with van der Waals surface area (Å²) < 4.78 is 5.72. The van der Waals surface area contributed by atoms with E-state index in [1.165, 1.54) is 0 Å². The van der Waals surface area contributed by atoms with E-state index in [1.54, 1.807) is 18.2 Å². The Kier molecular flexibility index (Phi) is 3.77. The molecule has 2 atom stereocenters. The topological polar surface area (TPSA) is 92.5 Å². The van der Waals surface area contributed by atoms with E-state index in [0.717, 1.165) is 49.3 Å². The Balaban J connectivity index is 1.28. The summed E-state index contributed by atoms with van der Waals surface area (Å²) in [6.45, 7) is -0.227. The fourth-order valence-electron chi connectivity index (χ4n) is 4.26. The maximum absolute atomic E-state index is 12.5. The minimum absolute atomic E-state index is 0.194. The average Bonchev–Trinajstić information content (AvgIpc) is 3.39. The SMILES string of the molecule is O=C(CN1C(=O)C2CCCCC2C1=O)Nc1ccc2oc(C3CC3)nc2c1. The Morgan fingerprint density at radius 2 is 1.81 bits per heavy atom. The number of aromatic nitrogens is 1. The molecular weight excluding hydrogens is 346 g/mol. The van der Waals surface area contributed by atoms with Crippen LogP contribution in [0, 0.1) is 11.8 Å². The maximum atomic E-state index is 12.5. The van der Waals surface area contributed by atoms with Crippen LogP contribution in [0.4, 0.5) is 5.69 Å².